The van der Waals surface area contributed by atoms with Crippen LogP contribution in [0.5, 0.6) is 5.75 Å². The van der Waals surface area contributed by atoms with Gasteiger partial charge in [-0.25, -0.2) is 4.98 Å². The maximum Gasteiger partial charge on any atom is 0.281 e. The summed E-state index contributed by atoms with van der Waals surface area (Å²) in [5, 5.41) is 3.76. The fourth-order valence-electron chi connectivity index (χ4n) is 3.42. The molecule has 0 spiro atoms. The molecule has 0 aliphatic carbocycles. The third-order valence-electron chi connectivity index (χ3n) is 4.90. The molecule has 0 aliphatic rings. The third kappa shape index (κ3) is 4.83. The number of hydrogen-bond donors (Lipinski definition) is 2. The second-order valence-corrected chi connectivity index (χ2v) is 8.34. The zero-order valence-electron chi connectivity index (χ0n) is 18.3. The number of ether oxygens (including phenoxy) is 1. The molecule has 5 nitrogen and oxygen atoms in total. The van der Waals surface area contributed by atoms with Gasteiger partial charge in [0.2, 0.25) is 0 Å². The number of carbonyl (C=O) groups excluding carboxylic acids is 1. The van der Waals surface area contributed by atoms with Crippen LogP contribution in [0.15, 0.2) is 36.4 Å². The lowest BCUT2D eigenvalue weighted by Gasteiger charge is -2.19. The fourth-order valence-corrected chi connectivity index (χ4v) is 3.42. The lowest BCUT2D eigenvalue weighted by atomic mass is 9.87. The molecule has 2 N–H and O–H groups in total. The van der Waals surface area contributed by atoms with Gasteiger partial charge in [-0.2, -0.15) is 0 Å². The van der Waals surface area contributed by atoms with Crippen molar-refractivity contribution in [3.63, 3.8) is 0 Å². The summed E-state index contributed by atoms with van der Waals surface area (Å²) >= 11 is 0. The van der Waals surface area contributed by atoms with E-state index in [-0.39, 0.29) is 11.3 Å². The van der Waals surface area contributed by atoms with Gasteiger partial charge < -0.3 is 9.72 Å². The van der Waals surface area contributed by atoms with Gasteiger partial charge in [0.25, 0.3) is 5.91 Å². The number of carbonyl (C=O) groups is 1. The fraction of sp³-hybridized carbons (Fsp3) is 0.360. The summed E-state index contributed by atoms with van der Waals surface area (Å²) in [5.74, 6) is 3.45. The molecule has 3 rings (SSSR count). The molecule has 0 saturated heterocycles. The molecule has 0 fully saturated rings. The van der Waals surface area contributed by atoms with Crippen LogP contribution in [0.3, 0.4) is 0 Å². The number of pyridine rings is 1. The van der Waals surface area contributed by atoms with E-state index in [9.17, 15) is 4.79 Å². The van der Waals surface area contributed by atoms with Crippen molar-refractivity contribution in [1.29, 1.82) is 0 Å². The number of unbranched alkanes of at least 4 members (excludes halogenated alkanes) is 1. The van der Waals surface area contributed by atoms with Crippen molar-refractivity contribution in [3.8, 4) is 17.7 Å². The minimum Gasteiger partial charge on any atom is -0.497 e. The first kappa shape index (κ1) is 21.4. The van der Waals surface area contributed by atoms with Crippen molar-refractivity contribution in [2.75, 3.05) is 7.11 Å². The lowest BCUT2D eigenvalue weighted by molar-refractivity contribution is 0.0968. The standard InChI is InChI=1S/C25H29N3O2/c1-6-7-8-14-26-24(29)21-11-9-10-17(27-21)15-20-19-13-12-18(30-5)16-22(19)28-23(20)25(2,3)4/h9-13,16,28H,6-7,15H2,1-5H3,(H,26,29). The summed E-state index contributed by atoms with van der Waals surface area (Å²) in [4.78, 5) is 20.5. The minimum atomic E-state index is -0.278. The monoisotopic (exact) mass is 403 g/mol. The number of fused-ring (bicyclic) bond motifs is 1. The number of rotatable bonds is 5. The van der Waals surface area contributed by atoms with Crippen LogP contribution in [-0.2, 0) is 11.8 Å². The van der Waals surface area contributed by atoms with Crippen molar-refractivity contribution < 1.29 is 9.53 Å². The van der Waals surface area contributed by atoms with Gasteiger partial charge in [-0.1, -0.05) is 39.7 Å². The van der Waals surface area contributed by atoms with Gasteiger partial charge in [-0.15, -0.1) is 0 Å². The molecule has 0 unspecified atom stereocenters. The molecule has 3 aromatic rings. The van der Waals surface area contributed by atoms with E-state index in [0.717, 1.165) is 40.9 Å². The number of aromatic nitrogens is 2. The SMILES string of the molecule is CCCC#CNC(=O)c1cccc(Cc2c(C(C)(C)C)[nH]c3cc(OC)ccc23)n1. The minimum absolute atomic E-state index is 0.0640. The molecule has 156 valence electrons. The van der Waals surface area contributed by atoms with E-state index in [1.807, 2.05) is 31.2 Å². The summed E-state index contributed by atoms with van der Waals surface area (Å²) in [7, 11) is 1.67. The van der Waals surface area contributed by atoms with Gasteiger partial charge in [0.1, 0.15) is 11.4 Å². The Balaban J connectivity index is 1.94. The predicted molar refractivity (Wildman–Crippen MR) is 121 cm³/mol. The number of nitrogens with zero attached hydrogens (tertiary/aromatic N) is 1. The molecule has 0 saturated carbocycles. The highest BCUT2D eigenvalue weighted by Crippen LogP contribution is 2.34. The van der Waals surface area contributed by atoms with Crippen LogP contribution >= 0.6 is 0 Å². The van der Waals surface area contributed by atoms with E-state index in [4.69, 9.17) is 4.74 Å². The molecule has 2 heterocycles. The molecular formula is C25H29N3O2. The molecule has 0 bridgehead atoms. The molecule has 1 amide bonds. The number of hydrogen-bond acceptors (Lipinski definition) is 3. The molecule has 1 aromatic carbocycles. The molecule has 30 heavy (non-hydrogen) atoms. The zero-order chi connectivity index (χ0) is 21.7. The van der Waals surface area contributed by atoms with E-state index >= 15 is 0 Å². The van der Waals surface area contributed by atoms with Crippen molar-refractivity contribution >= 4 is 16.8 Å². The Morgan fingerprint density at radius 1 is 1.23 bits per heavy atom. The Hall–Kier alpha value is -3.26. The topological polar surface area (TPSA) is 67.0 Å². The second-order valence-electron chi connectivity index (χ2n) is 8.34. The van der Waals surface area contributed by atoms with Crippen LogP contribution in [0.1, 0.15) is 68.0 Å². The van der Waals surface area contributed by atoms with Crippen LogP contribution in [0.4, 0.5) is 0 Å². The summed E-state index contributed by atoms with van der Waals surface area (Å²) in [6, 6.07) is 14.3. The average molecular weight is 404 g/mol. The molecule has 0 radical (unpaired) electrons. The Bertz CT molecular complexity index is 1110. The highest BCUT2D eigenvalue weighted by Gasteiger charge is 2.23. The van der Waals surface area contributed by atoms with Gasteiger partial charge in [-0.05, 0) is 36.2 Å². The first-order valence-electron chi connectivity index (χ1n) is 10.3. The Morgan fingerprint density at radius 3 is 2.73 bits per heavy atom. The second kappa shape index (κ2) is 9.04. The predicted octanol–water partition coefficient (Wildman–Crippen LogP) is 4.95. The number of nitrogens with one attached hydrogen (secondary N) is 2. The molecule has 2 aromatic heterocycles. The van der Waals surface area contributed by atoms with Crippen molar-refractivity contribution in [3.05, 3.63) is 59.0 Å². The number of amides is 1. The third-order valence-corrected chi connectivity index (χ3v) is 4.90. The Labute approximate surface area is 178 Å². The zero-order valence-corrected chi connectivity index (χ0v) is 18.3. The Morgan fingerprint density at radius 2 is 2.03 bits per heavy atom. The number of methoxy groups -OCH3 is 1. The average Bonchev–Trinajstić information content (AvgIpc) is 3.09. The van der Waals surface area contributed by atoms with Gasteiger partial charge in [-0.3, -0.25) is 10.1 Å². The molecule has 0 atom stereocenters. The summed E-state index contributed by atoms with van der Waals surface area (Å²) in [6.07, 6.45) is 2.35. The van der Waals surface area contributed by atoms with E-state index in [1.165, 1.54) is 5.56 Å². The molecule has 5 heteroatoms. The van der Waals surface area contributed by atoms with E-state index in [0.29, 0.717) is 12.1 Å². The summed E-state index contributed by atoms with van der Waals surface area (Å²) in [5.41, 5.74) is 4.53. The quantitative estimate of drug-likeness (QED) is 0.468. The van der Waals surface area contributed by atoms with Crippen LogP contribution < -0.4 is 10.1 Å². The maximum absolute atomic E-state index is 12.4. The maximum atomic E-state index is 12.4. The molecular weight excluding hydrogens is 374 g/mol. The van der Waals surface area contributed by atoms with Crippen LogP contribution in [0.25, 0.3) is 10.9 Å². The van der Waals surface area contributed by atoms with Gasteiger partial charge in [0.05, 0.1) is 7.11 Å². The van der Waals surface area contributed by atoms with Crippen LogP contribution in [0.2, 0.25) is 0 Å². The highest BCUT2D eigenvalue weighted by atomic mass is 16.5. The first-order valence-corrected chi connectivity index (χ1v) is 10.3. The molecule has 0 aliphatic heterocycles. The van der Waals surface area contributed by atoms with E-state index in [2.05, 4.69) is 54.1 Å². The Kier molecular flexibility index (Phi) is 6.47. The number of benzene rings is 1. The van der Waals surface area contributed by atoms with Gasteiger partial charge >= 0.3 is 0 Å². The first-order chi connectivity index (χ1) is 14.3. The smallest absolute Gasteiger partial charge is 0.281 e. The van der Waals surface area contributed by atoms with Crippen molar-refractivity contribution in [2.45, 2.75) is 52.4 Å². The van der Waals surface area contributed by atoms with Gasteiger partial charge in [0, 0.05) is 52.7 Å². The van der Waals surface area contributed by atoms with Gasteiger partial charge in [0.15, 0.2) is 0 Å². The lowest BCUT2D eigenvalue weighted by Crippen LogP contribution is -2.19. The number of aromatic amines is 1. The summed E-state index contributed by atoms with van der Waals surface area (Å²) in [6.45, 7) is 8.61. The normalized spacial score (nSPS) is 11.1. The van der Waals surface area contributed by atoms with Crippen LogP contribution in [0, 0.1) is 12.0 Å². The van der Waals surface area contributed by atoms with Crippen LogP contribution in [-0.4, -0.2) is 23.0 Å². The number of H-pyrrole nitrogens is 1. The van der Waals surface area contributed by atoms with E-state index < -0.39 is 0 Å². The largest absolute Gasteiger partial charge is 0.497 e. The van der Waals surface area contributed by atoms with E-state index in [1.54, 1.807) is 13.2 Å². The van der Waals surface area contributed by atoms with Crippen molar-refractivity contribution in [1.82, 2.24) is 15.3 Å². The highest BCUT2D eigenvalue weighted by molar-refractivity contribution is 5.93. The van der Waals surface area contributed by atoms with Crippen molar-refractivity contribution in [2.24, 2.45) is 0 Å². The summed E-state index contributed by atoms with van der Waals surface area (Å²) < 4.78 is 5.38.